The van der Waals surface area contributed by atoms with Crippen LogP contribution in [0.15, 0.2) is 137 Å². The largest absolute Gasteiger partial charge is 0.383 e. The first-order valence-electron chi connectivity index (χ1n) is 11.9. The molecule has 0 aliphatic heterocycles. The van der Waals surface area contributed by atoms with Crippen molar-refractivity contribution in [1.29, 1.82) is 0 Å². The van der Waals surface area contributed by atoms with Crippen molar-refractivity contribution in [2.75, 3.05) is 0 Å². The molecule has 4 N–H and O–H groups in total. The summed E-state index contributed by atoms with van der Waals surface area (Å²) in [7, 11) is 0. The molecule has 5 rings (SSSR count). The Morgan fingerprint density at radius 1 is 0.450 bits per heavy atom. The summed E-state index contributed by atoms with van der Waals surface area (Å²) in [6.45, 7) is 0. The first-order chi connectivity index (χ1) is 18.0. The molecule has 8 heteroatoms. The third-order valence-corrected chi connectivity index (χ3v) is 6.13. The van der Waals surface area contributed by atoms with Gasteiger partial charge in [-0.15, -0.1) is 37.2 Å². The van der Waals surface area contributed by atoms with Crippen molar-refractivity contribution in [3.8, 4) is 22.3 Å². The predicted molar refractivity (Wildman–Crippen MR) is 178 cm³/mol. The molecule has 204 valence electrons. The van der Waals surface area contributed by atoms with Crippen molar-refractivity contribution in [1.82, 2.24) is 0 Å². The van der Waals surface area contributed by atoms with Crippen molar-refractivity contribution in [2.24, 2.45) is 21.5 Å². The summed E-state index contributed by atoms with van der Waals surface area (Å²) in [4.78, 5) is 9.16. The van der Waals surface area contributed by atoms with Crippen LogP contribution in [0.25, 0.3) is 22.3 Å². The number of benzene rings is 5. The molecule has 0 aromatic heterocycles. The van der Waals surface area contributed by atoms with E-state index in [9.17, 15) is 0 Å². The average molecular weight is 610 g/mol. The smallest absolute Gasteiger partial charge is 0.131 e. The molecule has 0 saturated carbocycles. The Hall–Kier alpha value is -3.80. The summed E-state index contributed by atoms with van der Waals surface area (Å²) in [6, 6.07) is 41.4. The fourth-order valence-corrected chi connectivity index (χ4v) is 4.27. The van der Waals surface area contributed by atoms with Gasteiger partial charge in [-0.3, -0.25) is 0 Å². The lowest BCUT2D eigenvalue weighted by molar-refractivity contribution is 1.44. The van der Waals surface area contributed by atoms with E-state index in [0.717, 1.165) is 44.8 Å². The minimum atomic E-state index is 0. The van der Waals surface area contributed by atoms with Crippen LogP contribution in [0.3, 0.4) is 0 Å². The highest BCUT2D eigenvalue weighted by Crippen LogP contribution is 2.32. The Morgan fingerprint density at radius 3 is 1.50 bits per heavy atom. The number of amidine groups is 2. The van der Waals surface area contributed by atoms with E-state index in [-0.39, 0.29) is 37.2 Å². The quantitative estimate of drug-likeness (QED) is 0.149. The van der Waals surface area contributed by atoms with Crippen LogP contribution in [0.5, 0.6) is 0 Å². The highest BCUT2D eigenvalue weighted by Gasteiger charge is 2.07. The summed E-state index contributed by atoms with van der Waals surface area (Å²) in [5.41, 5.74) is 19.8. The lowest BCUT2D eigenvalue weighted by atomic mass is 9.98. The molecule has 5 aromatic carbocycles. The molecule has 0 bridgehead atoms. The number of nitrogens with two attached hydrogens (primary N) is 2. The average Bonchev–Trinajstić information content (AvgIpc) is 2.94. The van der Waals surface area contributed by atoms with Crippen molar-refractivity contribution >= 4 is 71.9 Å². The van der Waals surface area contributed by atoms with Gasteiger partial charge >= 0.3 is 0 Å². The lowest BCUT2D eigenvalue weighted by Crippen LogP contribution is -2.12. The molecular formula is C32H28Cl4N4. The van der Waals surface area contributed by atoms with Gasteiger partial charge in [0, 0.05) is 16.1 Å². The van der Waals surface area contributed by atoms with Gasteiger partial charge in [-0.2, -0.15) is 0 Å². The normalized spacial score (nSPS) is 11.0. The standard InChI is InChI=1S/C32H25ClN4.3ClH/c33-28-19-26(22-14-16-29(17-15-22)36-31(34)23-8-3-1-4-9-23)18-27(20-28)25-12-7-13-30(21-25)37-32(35)24-10-5-2-6-11-24;;;/h1-21H,(H2,34,36)(H2,35,37);3*1H. The molecule has 0 heterocycles. The third kappa shape index (κ3) is 8.10. The molecule has 0 spiro atoms. The maximum absolute atomic E-state index is 6.54. The van der Waals surface area contributed by atoms with E-state index in [1.165, 1.54) is 0 Å². The second kappa shape index (κ2) is 15.1. The van der Waals surface area contributed by atoms with Gasteiger partial charge in [0.25, 0.3) is 0 Å². The topological polar surface area (TPSA) is 76.8 Å². The second-order valence-corrected chi connectivity index (χ2v) is 8.99. The number of halogens is 4. The van der Waals surface area contributed by atoms with E-state index in [0.29, 0.717) is 16.7 Å². The molecule has 0 atom stereocenters. The first kappa shape index (κ1) is 32.4. The van der Waals surface area contributed by atoms with Gasteiger partial charge in [0.05, 0.1) is 11.4 Å². The third-order valence-electron chi connectivity index (χ3n) is 5.92. The second-order valence-electron chi connectivity index (χ2n) is 8.55. The van der Waals surface area contributed by atoms with Crippen molar-refractivity contribution < 1.29 is 0 Å². The summed E-state index contributed by atoms with van der Waals surface area (Å²) in [6.07, 6.45) is 0. The molecule has 0 amide bonds. The molecule has 4 nitrogen and oxygen atoms in total. The van der Waals surface area contributed by atoms with Gasteiger partial charge in [0.15, 0.2) is 0 Å². The van der Waals surface area contributed by atoms with Crippen molar-refractivity contribution in [3.05, 3.63) is 144 Å². The summed E-state index contributed by atoms with van der Waals surface area (Å²) < 4.78 is 0. The van der Waals surface area contributed by atoms with Crippen LogP contribution in [-0.2, 0) is 0 Å². The summed E-state index contributed by atoms with van der Waals surface area (Å²) >= 11 is 6.54. The maximum Gasteiger partial charge on any atom is 0.131 e. The Bertz CT molecular complexity index is 1590. The molecule has 0 radical (unpaired) electrons. The van der Waals surface area contributed by atoms with Crippen LogP contribution < -0.4 is 11.5 Å². The van der Waals surface area contributed by atoms with E-state index in [2.05, 4.69) is 16.1 Å². The fourth-order valence-electron chi connectivity index (χ4n) is 4.03. The van der Waals surface area contributed by atoms with Crippen LogP contribution in [0, 0.1) is 0 Å². The van der Waals surface area contributed by atoms with Crippen LogP contribution in [-0.4, -0.2) is 11.7 Å². The van der Waals surface area contributed by atoms with Gasteiger partial charge in [-0.05, 0) is 64.7 Å². The van der Waals surface area contributed by atoms with Gasteiger partial charge in [0.1, 0.15) is 11.7 Å². The zero-order valence-corrected chi connectivity index (χ0v) is 24.5. The Labute approximate surface area is 258 Å². The van der Waals surface area contributed by atoms with Gasteiger partial charge in [0.2, 0.25) is 0 Å². The summed E-state index contributed by atoms with van der Waals surface area (Å²) in [5.74, 6) is 0.953. The van der Waals surface area contributed by atoms with Gasteiger partial charge < -0.3 is 11.5 Å². The van der Waals surface area contributed by atoms with Crippen LogP contribution in [0.2, 0.25) is 5.02 Å². The molecular weight excluding hydrogens is 582 g/mol. The van der Waals surface area contributed by atoms with E-state index in [1.807, 2.05) is 121 Å². The molecule has 40 heavy (non-hydrogen) atoms. The Balaban J connectivity index is 0.00000187. The monoisotopic (exact) mass is 608 g/mol. The van der Waals surface area contributed by atoms with Gasteiger partial charge in [-0.25, -0.2) is 9.98 Å². The van der Waals surface area contributed by atoms with Gasteiger partial charge in [-0.1, -0.05) is 96.5 Å². The molecule has 0 aliphatic rings. The van der Waals surface area contributed by atoms with E-state index in [4.69, 9.17) is 23.1 Å². The Kier molecular flexibility index (Phi) is 12.2. The molecule has 5 aromatic rings. The van der Waals surface area contributed by atoms with Crippen LogP contribution >= 0.6 is 48.8 Å². The van der Waals surface area contributed by atoms with Crippen molar-refractivity contribution in [3.63, 3.8) is 0 Å². The maximum atomic E-state index is 6.54. The number of hydrogen-bond acceptors (Lipinski definition) is 2. The first-order valence-corrected chi connectivity index (χ1v) is 12.2. The minimum absolute atomic E-state index is 0. The zero-order chi connectivity index (χ0) is 25.6. The number of aliphatic imine (C=N–C) groups is 2. The molecule has 0 aliphatic carbocycles. The predicted octanol–water partition coefficient (Wildman–Crippen LogP) is 9.01. The van der Waals surface area contributed by atoms with Crippen LogP contribution in [0.1, 0.15) is 11.1 Å². The SMILES string of the molecule is Cl.Cl.Cl.NC(=Nc1ccc(-c2cc(Cl)cc(-c3cccc(N=C(N)c4ccccc4)c3)c2)cc1)c1ccccc1. The Morgan fingerprint density at radius 2 is 0.950 bits per heavy atom. The van der Waals surface area contributed by atoms with E-state index in [1.54, 1.807) is 0 Å². The minimum Gasteiger partial charge on any atom is -0.383 e. The molecule has 0 unspecified atom stereocenters. The molecule has 0 saturated heterocycles. The van der Waals surface area contributed by atoms with E-state index >= 15 is 0 Å². The number of rotatable bonds is 6. The summed E-state index contributed by atoms with van der Waals surface area (Å²) in [5, 5.41) is 0.653. The number of hydrogen-bond donors (Lipinski definition) is 2. The van der Waals surface area contributed by atoms with Crippen LogP contribution in [0.4, 0.5) is 11.4 Å². The van der Waals surface area contributed by atoms with Crippen molar-refractivity contribution in [2.45, 2.75) is 0 Å². The lowest BCUT2D eigenvalue weighted by Gasteiger charge is -2.09. The fraction of sp³-hybridized carbons (Fsp3) is 0. The highest BCUT2D eigenvalue weighted by molar-refractivity contribution is 6.31. The zero-order valence-electron chi connectivity index (χ0n) is 21.3. The van der Waals surface area contributed by atoms with E-state index < -0.39 is 0 Å². The number of nitrogens with zero attached hydrogens (tertiary/aromatic N) is 2. The molecule has 0 fully saturated rings. The highest BCUT2D eigenvalue weighted by atomic mass is 35.5.